The molecule has 0 aliphatic carbocycles. The summed E-state index contributed by atoms with van der Waals surface area (Å²) in [6.45, 7) is 3.63. The molecule has 0 aromatic heterocycles. The Kier molecular flexibility index (Phi) is 4.25. The van der Waals surface area contributed by atoms with Crippen molar-refractivity contribution in [2.75, 3.05) is 19.6 Å². The van der Waals surface area contributed by atoms with Gasteiger partial charge in [0, 0.05) is 19.1 Å². The monoisotopic (exact) mass is 206 g/mol. The molecular weight excluding hydrogens is 190 g/mol. The van der Waals surface area contributed by atoms with Crippen LogP contribution in [0.3, 0.4) is 0 Å². The molecule has 1 heterocycles. The molecule has 82 valence electrons. The molecule has 0 saturated carbocycles. The van der Waals surface area contributed by atoms with E-state index in [4.69, 9.17) is 0 Å². The molecule has 1 atom stereocenters. The molecule has 3 nitrogen and oxygen atoms in total. The Balaban J connectivity index is 2.55. The van der Waals surface area contributed by atoms with Crippen molar-refractivity contribution in [1.29, 1.82) is 0 Å². The van der Waals surface area contributed by atoms with Gasteiger partial charge in [-0.3, -0.25) is 4.79 Å². The predicted octanol–water partition coefficient (Wildman–Crippen LogP) is 0.852. The summed E-state index contributed by atoms with van der Waals surface area (Å²) < 4.78 is 24.4. The average Bonchev–Trinajstić information content (AvgIpc) is 2.20. The lowest BCUT2D eigenvalue weighted by Gasteiger charge is -2.33. The Bertz CT molecular complexity index is 193. The van der Waals surface area contributed by atoms with Gasteiger partial charge in [0.05, 0.1) is 0 Å². The van der Waals surface area contributed by atoms with E-state index in [0.717, 1.165) is 19.4 Å². The van der Waals surface area contributed by atoms with E-state index in [9.17, 15) is 13.6 Å². The molecule has 1 saturated heterocycles. The number of hydrogen-bond donors (Lipinski definition) is 1. The summed E-state index contributed by atoms with van der Waals surface area (Å²) in [6, 6.07) is -0.0600. The van der Waals surface area contributed by atoms with Crippen molar-refractivity contribution in [2.24, 2.45) is 0 Å². The molecule has 1 amide bonds. The number of piperidine rings is 1. The van der Waals surface area contributed by atoms with Gasteiger partial charge in [0.25, 0.3) is 5.91 Å². The number of alkyl halides is 2. The number of nitrogens with zero attached hydrogens (tertiary/aromatic N) is 1. The molecule has 0 aromatic carbocycles. The lowest BCUT2D eigenvalue weighted by atomic mass is 10.1. The van der Waals surface area contributed by atoms with Crippen LogP contribution in [0.2, 0.25) is 0 Å². The van der Waals surface area contributed by atoms with Crippen LogP contribution in [0.4, 0.5) is 8.78 Å². The highest BCUT2D eigenvalue weighted by atomic mass is 19.3. The van der Waals surface area contributed by atoms with Crippen LogP contribution in [0.1, 0.15) is 19.8 Å². The zero-order valence-corrected chi connectivity index (χ0v) is 8.30. The molecule has 0 aromatic rings. The van der Waals surface area contributed by atoms with E-state index in [1.807, 2.05) is 0 Å². The topological polar surface area (TPSA) is 32.3 Å². The third-order valence-electron chi connectivity index (χ3n) is 2.52. The van der Waals surface area contributed by atoms with Crippen molar-refractivity contribution in [3.63, 3.8) is 0 Å². The van der Waals surface area contributed by atoms with Crippen LogP contribution in [-0.2, 0) is 4.79 Å². The SMILES string of the molecule is CCN(C(=O)C(F)F)C1CCCNC1. The summed E-state index contributed by atoms with van der Waals surface area (Å²) in [4.78, 5) is 12.4. The molecule has 14 heavy (non-hydrogen) atoms. The van der Waals surface area contributed by atoms with E-state index < -0.39 is 12.3 Å². The van der Waals surface area contributed by atoms with Crippen LogP contribution in [0.25, 0.3) is 0 Å². The predicted molar refractivity (Wildman–Crippen MR) is 49.3 cm³/mol. The highest BCUT2D eigenvalue weighted by Gasteiger charge is 2.28. The summed E-state index contributed by atoms with van der Waals surface area (Å²) in [7, 11) is 0. The summed E-state index contributed by atoms with van der Waals surface area (Å²) in [5, 5.41) is 3.10. The second-order valence-electron chi connectivity index (χ2n) is 3.43. The first-order valence-corrected chi connectivity index (χ1v) is 4.96. The first-order valence-electron chi connectivity index (χ1n) is 4.96. The highest BCUT2D eigenvalue weighted by Crippen LogP contribution is 2.12. The summed E-state index contributed by atoms with van der Waals surface area (Å²) in [5.41, 5.74) is 0. The Morgan fingerprint density at radius 2 is 2.36 bits per heavy atom. The minimum atomic E-state index is -2.88. The maximum absolute atomic E-state index is 12.2. The molecule has 1 fully saturated rings. The minimum Gasteiger partial charge on any atom is -0.334 e. The fourth-order valence-corrected chi connectivity index (χ4v) is 1.82. The zero-order valence-electron chi connectivity index (χ0n) is 8.30. The minimum absolute atomic E-state index is 0.0600. The standard InChI is InChI=1S/C9H16F2N2O/c1-2-13(9(14)8(10)11)7-4-3-5-12-6-7/h7-8,12H,2-6H2,1H3. The summed E-state index contributed by atoms with van der Waals surface area (Å²) in [6.07, 6.45) is -1.12. The number of likely N-dealkylation sites (N-methyl/N-ethyl adjacent to an activating group) is 1. The van der Waals surface area contributed by atoms with Gasteiger partial charge >= 0.3 is 6.43 Å². The first-order chi connectivity index (χ1) is 6.66. The smallest absolute Gasteiger partial charge is 0.315 e. The van der Waals surface area contributed by atoms with Crippen LogP contribution < -0.4 is 5.32 Å². The van der Waals surface area contributed by atoms with Crippen molar-refractivity contribution in [3.05, 3.63) is 0 Å². The number of carbonyl (C=O) groups excluding carboxylic acids is 1. The molecule has 0 bridgehead atoms. The van der Waals surface area contributed by atoms with Gasteiger partial charge in [0.1, 0.15) is 0 Å². The van der Waals surface area contributed by atoms with Gasteiger partial charge in [-0.1, -0.05) is 0 Å². The molecule has 1 aliphatic rings. The zero-order chi connectivity index (χ0) is 10.6. The van der Waals surface area contributed by atoms with E-state index >= 15 is 0 Å². The molecule has 1 unspecified atom stereocenters. The van der Waals surface area contributed by atoms with E-state index in [1.165, 1.54) is 4.90 Å². The molecule has 1 N–H and O–H groups in total. The Hall–Kier alpha value is -0.710. The van der Waals surface area contributed by atoms with Gasteiger partial charge in [0.2, 0.25) is 0 Å². The Labute approximate surface area is 82.5 Å². The van der Waals surface area contributed by atoms with Crippen molar-refractivity contribution in [1.82, 2.24) is 10.2 Å². The fraction of sp³-hybridized carbons (Fsp3) is 0.889. The summed E-state index contributed by atoms with van der Waals surface area (Å²) in [5.74, 6) is -1.04. The van der Waals surface area contributed by atoms with E-state index in [-0.39, 0.29) is 6.04 Å². The number of carbonyl (C=O) groups is 1. The lowest BCUT2D eigenvalue weighted by molar-refractivity contribution is -0.145. The van der Waals surface area contributed by atoms with Gasteiger partial charge in [-0.25, -0.2) is 0 Å². The van der Waals surface area contributed by atoms with Crippen molar-refractivity contribution < 1.29 is 13.6 Å². The second kappa shape index (κ2) is 5.24. The van der Waals surface area contributed by atoms with Gasteiger partial charge in [-0.15, -0.1) is 0 Å². The molecular formula is C9H16F2N2O. The number of rotatable bonds is 3. The second-order valence-corrected chi connectivity index (χ2v) is 3.43. The molecule has 0 spiro atoms. The van der Waals surface area contributed by atoms with Crippen LogP contribution in [0, 0.1) is 0 Å². The normalized spacial score (nSPS) is 22.4. The average molecular weight is 206 g/mol. The number of hydrogen-bond acceptors (Lipinski definition) is 2. The largest absolute Gasteiger partial charge is 0.334 e. The maximum Gasteiger partial charge on any atom is 0.315 e. The van der Waals surface area contributed by atoms with Gasteiger partial charge < -0.3 is 10.2 Å². The summed E-state index contributed by atoms with van der Waals surface area (Å²) >= 11 is 0. The third-order valence-corrected chi connectivity index (χ3v) is 2.52. The molecule has 1 rings (SSSR count). The van der Waals surface area contributed by atoms with Crippen molar-refractivity contribution in [3.8, 4) is 0 Å². The van der Waals surface area contributed by atoms with Crippen LogP contribution in [0.15, 0.2) is 0 Å². The van der Waals surface area contributed by atoms with E-state index in [1.54, 1.807) is 6.92 Å². The molecule has 0 radical (unpaired) electrons. The number of amides is 1. The lowest BCUT2D eigenvalue weighted by Crippen LogP contribution is -2.50. The highest BCUT2D eigenvalue weighted by molar-refractivity contribution is 5.79. The van der Waals surface area contributed by atoms with Gasteiger partial charge in [-0.05, 0) is 26.3 Å². The molecule has 5 heteroatoms. The molecule has 1 aliphatic heterocycles. The number of halogens is 2. The van der Waals surface area contributed by atoms with Crippen LogP contribution in [-0.4, -0.2) is 42.9 Å². The van der Waals surface area contributed by atoms with Crippen molar-refractivity contribution >= 4 is 5.91 Å². The van der Waals surface area contributed by atoms with Gasteiger partial charge in [0.15, 0.2) is 0 Å². The maximum atomic E-state index is 12.2. The Morgan fingerprint density at radius 3 is 2.79 bits per heavy atom. The van der Waals surface area contributed by atoms with E-state index in [2.05, 4.69) is 5.32 Å². The fourth-order valence-electron chi connectivity index (χ4n) is 1.82. The first kappa shape index (κ1) is 11.4. The van der Waals surface area contributed by atoms with Crippen LogP contribution >= 0.6 is 0 Å². The van der Waals surface area contributed by atoms with Gasteiger partial charge in [-0.2, -0.15) is 8.78 Å². The third kappa shape index (κ3) is 2.64. The number of nitrogens with one attached hydrogen (secondary N) is 1. The van der Waals surface area contributed by atoms with E-state index in [0.29, 0.717) is 13.1 Å². The Morgan fingerprint density at radius 1 is 1.64 bits per heavy atom. The quantitative estimate of drug-likeness (QED) is 0.742. The van der Waals surface area contributed by atoms with Crippen molar-refractivity contribution in [2.45, 2.75) is 32.2 Å². The van der Waals surface area contributed by atoms with Crippen LogP contribution in [0.5, 0.6) is 0 Å².